The standard InChI is InChI=1S/C17H13ClN6OS/c1-11(16(25)20-14-4-2-3-12(9-14)10-19)26-17-21-22-23-24(17)15-7-5-13(18)6-8-15/h2-9,11H,1H3,(H,20,25). The molecule has 0 saturated carbocycles. The third-order valence-corrected chi connectivity index (χ3v) is 4.71. The van der Waals surface area contributed by atoms with Crippen molar-refractivity contribution in [1.29, 1.82) is 5.26 Å². The predicted octanol–water partition coefficient (Wildman–Crippen LogP) is 3.31. The second-order valence-electron chi connectivity index (χ2n) is 5.29. The normalized spacial score (nSPS) is 11.6. The van der Waals surface area contributed by atoms with Gasteiger partial charge in [-0.15, -0.1) is 5.10 Å². The average Bonchev–Trinajstić information content (AvgIpc) is 3.10. The Kier molecular flexibility index (Phi) is 5.51. The van der Waals surface area contributed by atoms with E-state index >= 15 is 0 Å². The fourth-order valence-corrected chi connectivity index (χ4v) is 3.05. The Morgan fingerprint density at radius 2 is 2.08 bits per heavy atom. The summed E-state index contributed by atoms with van der Waals surface area (Å²) in [5.41, 5.74) is 1.80. The van der Waals surface area contributed by atoms with E-state index in [9.17, 15) is 4.79 Å². The van der Waals surface area contributed by atoms with Crippen LogP contribution in [0.25, 0.3) is 5.69 Å². The quantitative estimate of drug-likeness (QED) is 0.678. The minimum Gasteiger partial charge on any atom is -0.325 e. The van der Waals surface area contributed by atoms with E-state index in [1.54, 1.807) is 60.1 Å². The Labute approximate surface area is 159 Å². The molecule has 0 radical (unpaired) electrons. The Hall–Kier alpha value is -2.89. The number of anilines is 1. The maximum Gasteiger partial charge on any atom is 0.237 e. The molecular weight excluding hydrogens is 372 g/mol. The lowest BCUT2D eigenvalue weighted by Gasteiger charge is -2.12. The van der Waals surface area contributed by atoms with Gasteiger partial charge in [-0.25, -0.2) is 0 Å². The Morgan fingerprint density at radius 1 is 1.31 bits per heavy atom. The highest BCUT2D eigenvalue weighted by Crippen LogP contribution is 2.24. The van der Waals surface area contributed by atoms with Crippen molar-refractivity contribution in [3.05, 3.63) is 59.1 Å². The van der Waals surface area contributed by atoms with Crippen LogP contribution in [0.1, 0.15) is 12.5 Å². The number of hydrogen-bond donors (Lipinski definition) is 1. The van der Waals surface area contributed by atoms with Gasteiger partial charge in [-0.2, -0.15) is 9.94 Å². The summed E-state index contributed by atoms with van der Waals surface area (Å²) < 4.78 is 1.54. The molecule has 0 fully saturated rings. The van der Waals surface area contributed by atoms with Gasteiger partial charge in [0.1, 0.15) is 0 Å². The van der Waals surface area contributed by atoms with E-state index in [1.807, 2.05) is 6.07 Å². The number of nitrogens with zero attached hydrogens (tertiary/aromatic N) is 5. The smallest absolute Gasteiger partial charge is 0.237 e. The molecule has 2 aromatic carbocycles. The van der Waals surface area contributed by atoms with Gasteiger partial charge < -0.3 is 5.32 Å². The van der Waals surface area contributed by atoms with Crippen molar-refractivity contribution in [3.63, 3.8) is 0 Å². The predicted molar refractivity (Wildman–Crippen MR) is 99.3 cm³/mol. The monoisotopic (exact) mass is 384 g/mol. The highest BCUT2D eigenvalue weighted by atomic mass is 35.5. The summed E-state index contributed by atoms with van der Waals surface area (Å²) in [5, 5.41) is 24.0. The van der Waals surface area contributed by atoms with Crippen LogP contribution in [0, 0.1) is 11.3 Å². The third-order valence-electron chi connectivity index (χ3n) is 3.42. The molecule has 0 spiro atoms. The zero-order valence-corrected chi connectivity index (χ0v) is 15.2. The van der Waals surface area contributed by atoms with Crippen molar-refractivity contribution in [2.75, 3.05) is 5.32 Å². The molecule has 7 nitrogen and oxygen atoms in total. The van der Waals surface area contributed by atoms with Crippen molar-refractivity contribution < 1.29 is 4.79 Å². The van der Waals surface area contributed by atoms with Crippen LogP contribution in [-0.4, -0.2) is 31.4 Å². The van der Waals surface area contributed by atoms with Crippen LogP contribution in [0.5, 0.6) is 0 Å². The first kappa shape index (κ1) is 17.9. The van der Waals surface area contributed by atoms with E-state index in [0.29, 0.717) is 21.4 Å². The van der Waals surface area contributed by atoms with Gasteiger partial charge >= 0.3 is 0 Å². The molecule has 0 aliphatic rings. The lowest BCUT2D eigenvalue weighted by Crippen LogP contribution is -2.23. The molecule has 1 atom stereocenters. The molecule has 9 heteroatoms. The molecular formula is C17H13ClN6OS. The Morgan fingerprint density at radius 3 is 2.81 bits per heavy atom. The number of carbonyl (C=O) groups is 1. The van der Waals surface area contributed by atoms with Gasteiger partial charge in [0.2, 0.25) is 11.1 Å². The number of carbonyl (C=O) groups excluding carboxylic acids is 1. The molecule has 0 saturated heterocycles. The number of amides is 1. The average molecular weight is 385 g/mol. The van der Waals surface area contributed by atoms with Gasteiger partial charge in [-0.05, 0) is 59.8 Å². The molecule has 0 bridgehead atoms. The zero-order chi connectivity index (χ0) is 18.5. The van der Waals surface area contributed by atoms with Gasteiger partial charge in [0, 0.05) is 10.7 Å². The van der Waals surface area contributed by atoms with Crippen LogP contribution in [0.4, 0.5) is 5.69 Å². The summed E-state index contributed by atoms with van der Waals surface area (Å²) in [7, 11) is 0. The van der Waals surface area contributed by atoms with Crippen molar-refractivity contribution in [2.45, 2.75) is 17.3 Å². The Balaban J connectivity index is 1.71. The topological polar surface area (TPSA) is 96.5 Å². The molecule has 1 heterocycles. The minimum atomic E-state index is -0.446. The van der Waals surface area contributed by atoms with E-state index in [2.05, 4.69) is 20.8 Å². The first-order chi connectivity index (χ1) is 12.6. The van der Waals surface area contributed by atoms with Crippen LogP contribution in [0.15, 0.2) is 53.7 Å². The summed E-state index contributed by atoms with van der Waals surface area (Å²) in [6, 6.07) is 15.8. The van der Waals surface area contributed by atoms with E-state index < -0.39 is 5.25 Å². The SMILES string of the molecule is CC(Sc1nnnn1-c1ccc(Cl)cc1)C(=O)Nc1cccc(C#N)c1. The van der Waals surface area contributed by atoms with E-state index in [4.69, 9.17) is 16.9 Å². The number of nitrogens with one attached hydrogen (secondary N) is 1. The van der Waals surface area contributed by atoms with Gasteiger partial charge in [-0.3, -0.25) is 4.79 Å². The number of thioether (sulfide) groups is 1. The summed E-state index contributed by atoms with van der Waals surface area (Å²) in [6.07, 6.45) is 0. The second-order valence-corrected chi connectivity index (χ2v) is 7.04. The van der Waals surface area contributed by atoms with Gasteiger partial charge in [-0.1, -0.05) is 29.4 Å². The van der Waals surface area contributed by atoms with E-state index in [1.165, 1.54) is 11.8 Å². The summed E-state index contributed by atoms with van der Waals surface area (Å²) in [6.45, 7) is 1.76. The van der Waals surface area contributed by atoms with E-state index in [0.717, 1.165) is 5.69 Å². The van der Waals surface area contributed by atoms with Crippen LogP contribution < -0.4 is 5.32 Å². The summed E-state index contributed by atoms with van der Waals surface area (Å²) in [5.74, 6) is -0.212. The van der Waals surface area contributed by atoms with Crippen LogP contribution in [0.3, 0.4) is 0 Å². The molecule has 1 unspecified atom stereocenters. The fraction of sp³-hybridized carbons (Fsp3) is 0.118. The number of halogens is 1. The number of rotatable bonds is 5. The summed E-state index contributed by atoms with van der Waals surface area (Å²) in [4.78, 5) is 12.4. The van der Waals surface area contributed by atoms with Crippen LogP contribution in [-0.2, 0) is 4.79 Å². The fourth-order valence-electron chi connectivity index (χ4n) is 2.12. The largest absolute Gasteiger partial charge is 0.325 e. The summed E-state index contributed by atoms with van der Waals surface area (Å²) >= 11 is 7.13. The third kappa shape index (κ3) is 4.20. The number of tetrazole rings is 1. The minimum absolute atomic E-state index is 0.212. The zero-order valence-electron chi connectivity index (χ0n) is 13.6. The second kappa shape index (κ2) is 7.99. The van der Waals surface area contributed by atoms with Crippen molar-refractivity contribution >= 4 is 35.0 Å². The molecule has 1 N–H and O–H groups in total. The van der Waals surface area contributed by atoms with Gasteiger partial charge in [0.25, 0.3) is 0 Å². The first-order valence-corrected chi connectivity index (χ1v) is 8.84. The van der Waals surface area contributed by atoms with Crippen LogP contribution in [0.2, 0.25) is 5.02 Å². The van der Waals surface area contributed by atoms with E-state index in [-0.39, 0.29) is 5.91 Å². The molecule has 1 amide bonds. The molecule has 1 aromatic heterocycles. The first-order valence-electron chi connectivity index (χ1n) is 7.59. The molecule has 3 rings (SSSR count). The highest BCUT2D eigenvalue weighted by Gasteiger charge is 2.19. The van der Waals surface area contributed by atoms with Gasteiger partial charge in [0.15, 0.2) is 0 Å². The number of aromatic nitrogens is 4. The molecule has 130 valence electrons. The Bertz CT molecular complexity index is 966. The van der Waals surface area contributed by atoms with Crippen molar-refractivity contribution in [2.24, 2.45) is 0 Å². The molecule has 3 aromatic rings. The maximum absolute atomic E-state index is 12.4. The molecule has 0 aliphatic carbocycles. The lowest BCUT2D eigenvalue weighted by atomic mass is 10.2. The number of hydrogen-bond acceptors (Lipinski definition) is 6. The van der Waals surface area contributed by atoms with Crippen molar-refractivity contribution in [1.82, 2.24) is 20.2 Å². The highest BCUT2D eigenvalue weighted by molar-refractivity contribution is 8.00. The number of benzene rings is 2. The van der Waals surface area contributed by atoms with Gasteiger partial charge in [0.05, 0.1) is 22.6 Å². The lowest BCUT2D eigenvalue weighted by molar-refractivity contribution is -0.115. The molecule has 0 aliphatic heterocycles. The molecule has 26 heavy (non-hydrogen) atoms. The van der Waals surface area contributed by atoms with Crippen molar-refractivity contribution in [3.8, 4) is 11.8 Å². The number of nitriles is 1. The van der Waals surface area contributed by atoms with Crippen LogP contribution >= 0.6 is 23.4 Å². The maximum atomic E-state index is 12.4.